The summed E-state index contributed by atoms with van der Waals surface area (Å²) in [6, 6.07) is 8.01. The molecule has 7 nitrogen and oxygen atoms in total. The summed E-state index contributed by atoms with van der Waals surface area (Å²) < 4.78 is 12.8. The van der Waals surface area contributed by atoms with Crippen LogP contribution in [-0.2, 0) is 17.9 Å². The van der Waals surface area contributed by atoms with Crippen LogP contribution < -0.4 is 14.8 Å². The molecule has 5 rings (SSSR count). The lowest BCUT2D eigenvalue weighted by Gasteiger charge is -2.24. The van der Waals surface area contributed by atoms with Gasteiger partial charge in [-0.15, -0.1) is 0 Å². The normalized spacial score (nSPS) is 17.8. The van der Waals surface area contributed by atoms with Gasteiger partial charge in [0.25, 0.3) is 0 Å². The highest BCUT2D eigenvalue weighted by atomic mass is 35.5. The van der Waals surface area contributed by atoms with Crippen molar-refractivity contribution in [2.75, 3.05) is 13.3 Å². The van der Waals surface area contributed by atoms with Crippen molar-refractivity contribution in [2.24, 2.45) is 0 Å². The number of imidazole rings is 1. The SMILES string of the molecule is Cc1cccn2cc(CN3C(=O)CC[C@@H]3CCNCc3cc4c(cc3Cl)OCO4)nc12. The van der Waals surface area contributed by atoms with Crippen molar-refractivity contribution in [2.45, 2.75) is 45.3 Å². The van der Waals surface area contributed by atoms with E-state index < -0.39 is 0 Å². The highest BCUT2D eigenvalue weighted by molar-refractivity contribution is 6.31. The third-order valence-corrected chi connectivity index (χ3v) is 6.38. The van der Waals surface area contributed by atoms with Crippen molar-refractivity contribution in [1.82, 2.24) is 19.6 Å². The number of hydrogen-bond acceptors (Lipinski definition) is 5. The smallest absolute Gasteiger partial charge is 0.231 e. The second-order valence-corrected chi connectivity index (χ2v) is 8.54. The fraction of sp³-hybridized carbons (Fsp3) is 0.391. The van der Waals surface area contributed by atoms with Crippen molar-refractivity contribution in [1.29, 1.82) is 0 Å². The number of nitrogens with one attached hydrogen (secondary N) is 1. The Labute approximate surface area is 185 Å². The van der Waals surface area contributed by atoms with Crippen LogP contribution in [0.2, 0.25) is 5.02 Å². The van der Waals surface area contributed by atoms with E-state index in [0.717, 1.165) is 47.6 Å². The van der Waals surface area contributed by atoms with Gasteiger partial charge in [-0.25, -0.2) is 4.98 Å². The van der Waals surface area contributed by atoms with Crippen molar-refractivity contribution in [3.8, 4) is 11.5 Å². The van der Waals surface area contributed by atoms with Crippen LogP contribution in [0.1, 0.15) is 36.1 Å². The van der Waals surface area contributed by atoms with Crippen molar-refractivity contribution in [3.05, 3.63) is 58.5 Å². The number of fused-ring (bicyclic) bond motifs is 2. The number of aryl methyl sites for hydroxylation is 1. The number of halogens is 1. The van der Waals surface area contributed by atoms with Gasteiger partial charge in [-0.3, -0.25) is 4.79 Å². The van der Waals surface area contributed by atoms with Crippen molar-refractivity contribution >= 4 is 23.2 Å². The first kappa shape index (κ1) is 20.2. The van der Waals surface area contributed by atoms with Crippen LogP contribution >= 0.6 is 11.6 Å². The molecule has 31 heavy (non-hydrogen) atoms. The largest absolute Gasteiger partial charge is 0.454 e. The molecule has 1 aromatic carbocycles. The Bertz CT molecular complexity index is 1130. The average molecular weight is 441 g/mol. The van der Waals surface area contributed by atoms with Crippen molar-refractivity contribution < 1.29 is 14.3 Å². The summed E-state index contributed by atoms with van der Waals surface area (Å²) in [5.41, 5.74) is 3.98. The van der Waals surface area contributed by atoms with E-state index in [2.05, 4.69) is 5.32 Å². The number of carbonyl (C=O) groups is 1. The van der Waals surface area contributed by atoms with E-state index >= 15 is 0 Å². The molecule has 2 aromatic heterocycles. The van der Waals surface area contributed by atoms with Crippen LogP contribution in [0.4, 0.5) is 0 Å². The number of ether oxygens (including phenoxy) is 2. The molecular weight excluding hydrogens is 416 g/mol. The minimum atomic E-state index is 0.206. The summed E-state index contributed by atoms with van der Waals surface area (Å²) in [4.78, 5) is 19.2. The van der Waals surface area contributed by atoms with E-state index in [-0.39, 0.29) is 18.7 Å². The summed E-state index contributed by atoms with van der Waals surface area (Å²) in [5, 5.41) is 4.11. The maximum Gasteiger partial charge on any atom is 0.231 e. The maximum atomic E-state index is 12.5. The number of nitrogens with zero attached hydrogens (tertiary/aromatic N) is 3. The van der Waals surface area contributed by atoms with Crippen molar-refractivity contribution in [3.63, 3.8) is 0 Å². The summed E-state index contributed by atoms with van der Waals surface area (Å²) in [6.07, 6.45) is 6.39. The number of hydrogen-bond donors (Lipinski definition) is 1. The molecule has 0 spiro atoms. The number of likely N-dealkylation sites (tertiary alicyclic amines) is 1. The van der Waals surface area contributed by atoms with Crippen LogP contribution in [-0.4, -0.2) is 39.6 Å². The highest BCUT2D eigenvalue weighted by Crippen LogP contribution is 2.36. The molecule has 1 amide bonds. The summed E-state index contributed by atoms with van der Waals surface area (Å²) >= 11 is 6.35. The van der Waals surface area contributed by atoms with Gasteiger partial charge in [0.2, 0.25) is 12.7 Å². The fourth-order valence-electron chi connectivity index (χ4n) is 4.35. The molecule has 2 aliphatic rings. The van der Waals surface area contributed by atoms with Gasteiger partial charge >= 0.3 is 0 Å². The minimum absolute atomic E-state index is 0.206. The second-order valence-electron chi connectivity index (χ2n) is 8.13. The lowest BCUT2D eigenvalue weighted by atomic mass is 10.1. The zero-order chi connectivity index (χ0) is 21.4. The van der Waals surface area contributed by atoms with Crippen LogP contribution in [0.3, 0.4) is 0 Å². The first-order valence-corrected chi connectivity index (χ1v) is 11.0. The first-order chi connectivity index (χ1) is 15.1. The first-order valence-electron chi connectivity index (χ1n) is 10.6. The number of aromatic nitrogens is 2. The molecule has 0 saturated carbocycles. The van der Waals surface area contributed by atoms with Crippen LogP contribution in [0.15, 0.2) is 36.7 Å². The average Bonchev–Trinajstić information content (AvgIpc) is 3.46. The van der Waals surface area contributed by atoms with Crippen LogP contribution in [0, 0.1) is 6.92 Å². The molecule has 0 bridgehead atoms. The molecule has 162 valence electrons. The number of benzene rings is 1. The third-order valence-electron chi connectivity index (χ3n) is 6.02. The Morgan fingerprint density at radius 3 is 2.97 bits per heavy atom. The minimum Gasteiger partial charge on any atom is -0.454 e. The predicted molar refractivity (Wildman–Crippen MR) is 117 cm³/mol. The number of pyridine rings is 1. The monoisotopic (exact) mass is 440 g/mol. The van der Waals surface area contributed by atoms with Gasteiger partial charge in [-0.2, -0.15) is 0 Å². The van der Waals surface area contributed by atoms with Gasteiger partial charge in [0.05, 0.1) is 12.2 Å². The number of amides is 1. The lowest BCUT2D eigenvalue weighted by Crippen LogP contribution is -2.34. The van der Waals surface area contributed by atoms with Crippen LogP contribution in [0.25, 0.3) is 5.65 Å². The number of rotatable bonds is 7. The quantitative estimate of drug-likeness (QED) is 0.567. The second kappa shape index (κ2) is 8.40. The van der Waals surface area contributed by atoms with E-state index in [1.165, 1.54) is 0 Å². The van der Waals surface area contributed by atoms with E-state index in [1.807, 2.05) is 46.8 Å². The molecule has 1 N–H and O–H groups in total. The molecule has 2 aliphatic heterocycles. The third kappa shape index (κ3) is 4.07. The zero-order valence-electron chi connectivity index (χ0n) is 17.4. The Balaban J connectivity index is 1.18. The van der Waals surface area contributed by atoms with Gasteiger partial charge < -0.3 is 24.1 Å². The van der Waals surface area contributed by atoms with E-state index in [0.29, 0.717) is 30.3 Å². The van der Waals surface area contributed by atoms with Gasteiger partial charge in [0.15, 0.2) is 11.5 Å². The molecule has 0 aliphatic carbocycles. The lowest BCUT2D eigenvalue weighted by molar-refractivity contribution is -0.129. The molecule has 4 heterocycles. The molecule has 1 saturated heterocycles. The van der Waals surface area contributed by atoms with E-state index in [9.17, 15) is 4.79 Å². The molecule has 1 fully saturated rings. The summed E-state index contributed by atoms with van der Waals surface area (Å²) in [5.74, 6) is 1.63. The molecular formula is C23H25ClN4O3. The van der Waals surface area contributed by atoms with Gasteiger partial charge in [-0.05, 0) is 49.6 Å². The Hall–Kier alpha value is -2.77. The maximum absolute atomic E-state index is 12.5. The Kier molecular flexibility index (Phi) is 5.46. The molecule has 3 aromatic rings. The molecule has 0 unspecified atom stereocenters. The highest BCUT2D eigenvalue weighted by Gasteiger charge is 2.31. The van der Waals surface area contributed by atoms with E-state index in [4.69, 9.17) is 26.1 Å². The van der Waals surface area contributed by atoms with E-state index in [1.54, 1.807) is 6.07 Å². The predicted octanol–water partition coefficient (Wildman–Crippen LogP) is 3.70. The fourth-order valence-corrected chi connectivity index (χ4v) is 4.57. The molecule has 1 atom stereocenters. The van der Waals surface area contributed by atoms with Crippen LogP contribution in [0.5, 0.6) is 11.5 Å². The van der Waals surface area contributed by atoms with Gasteiger partial charge in [-0.1, -0.05) is 17.7 Å². The topological polar surface area (TPSA) is 68.1 Å². The summed E-state index contributed by atoms with van der Waals surface area (Å²) in [7, 11) is 0. The Morgan fingerprint density at radius 1 is 1.29 bits per heavy atom. The standard InChI is InChI=1S/C23H25ClN4O3/c1-15-3-2-8-27-12-17(26-23(15)27)13-28-18(4-5-22(28)29)6-7-25-11-16-9-20-21(10-19(16)24)31-14-30-20/h2-3,8-10,12,18,25H,4-7,11,13-14H2,1H3/t18-/m1/s1. The summed E-state index contributed by atoms with van der Waals surface area (Å²) in [6.45, 7) is 4.28. The van der Waals surface area contributed by atoms with Gasteiger partial charge in [0, 0.05) is 42.5 Å². The zero-order valence-corrected chi connectivity index (χ0v) is 18.2. The number of carbonyl (C=O) groups excluding carboxylic acids is 1. The molecule has 8 heteroatoms. The molecule has 0 radical (unpaired) electrons. The Morgan fingerprint density at radius 2 is 2.13 bits per heavy atom. The van der Waals surface area contributed by atoms with Gasteiger partial charge in [0.1, 0.15) is 5.65 Å².